The number of aromatic hydroxyl groups is 1. The summed E-state index contributed by atoms with van der Waals surface area (Å²) >= 11 is 0. The van der Waals surface area contributed by atoms with Crippen LogP contribution in [0.15, 0.2) is 24.3 Å². The molecule has 4 saturated heterocycles. The molecule has 2 bridgehead atoms. The molecule has 6 heterocycles. The molecule has 2 aromatic carbocycles. The number of hydrogen-bond acceptors (Lipinski definition) is 8. The van der Waals surface area contributed by atoms with E-state index in [1.165, 1.54) is 69.5 Å². The lowest BCUT2D eigenvalue weighted by Gasteiger charge is -2.38. The van der Waals surface area contributed by atoms with Crippen LogP contribution in [0.1, 0.15) is 68.2 Å². The maximum atomic E-state index is 14.9. The molecule has 9 rings (SSSR count). The van der Waals surface area contributed by atoms with Gasteiger partial charge in [0.05, 0.1) is 23.3 Å². The van der Waals surface area contributed by atoms with Crippen LogP contribution in [0.4, 0.5) is 15.9 Å². The van der Waals surface area contributed by atoms with Crippen LogP contribution in [0.3, 0.4) is 0 Å². The third-order valence-electron chi connectivity index (χ3n) is 11.8. The highest BCUT2D eigenvalue weighted by molar-refractivity contribution is 6.00. The topological polar surface area (TPSA) is 77.0 Å². The lowest BCUT2D eigenvalue weighted by Crippen LogP contribution is -2.52. The summed E-state index contributed by atoms with van der Waals surface area (Å²) in [5, 5.41) is 15.8. The monoisotopic (exact) mass is 608 g/mol. The van der Waals surface area contributed by atoms with Gasteiger partial charge in [0.25, 0.3) is 0 Å². The molecule has 5 aliphatic heterocycles. The van der Waals surface area contributed by atoms with Crippen LogP contribution in [-0.2, 0) is 13.0 Å². The van der Waals surface area contributed by atoms with Gasteiger partial charge in [0.15, 0.2) is 0 Å². The molecule has 0 spiro atoms. The van der Waals surface area contributed by atoms with Gasteiger partial charge in [-0.25, -0.2) is 4.39 Å². The fourth-order valence-electron chi connectivity index (χ4n) is 9.95. The number of phenols is 1. The minimum atomic E-state index is -0.431. The molecule has 9 heteroatoms. The minimum absolute atomic E-state index is 0.103. The third kappa shape index (κ3) is 4.47. The van der Waals surface area contributed by atoms with Gasteiger partial charge >= 0.3 is 6.01 Å². The molecular formula is C36H41FN6O2. The Hall–Kier alpha value is -3.61. The molecule has 45 heavy (non-hydrogen) atoms. The number of anilines is 2. The third-order valence-corrected chi connectivity index (χ3v) is 11.8. The second-order valence-corrected chi connectivity index (χ2v) is 14.4. The van der Waals surface area contributed by atoms with Crippen molar-refractivity contribution >= 4 is 22.3 Å². The zero-order valence-corrected chi connectivity index (χ0v) is 25.8. The predicted octanol–water partition coefficient (Wildman–Crippen LogP) is 4.74. The highest BCUT2D eigenvalue weighted by Crippen LogP contribution is 2.51. The number of aromatic nitrogens is 2. The number of piperazine rings is 1. The van der Waals surface area contributed by atoms with Gasteiger partial charge in [-0.1, -0.05) is 18.4 Å². The van der Waals surface area contributed by atoms with Gasteiger partial charge in [0.1, 0.15) is 24.0 Å². The van der Waals surface area contributed by atoms with E-state index in [-0.39, 0.29) is 16.9 Å². The van der Waals surface area contributed by atoms with Crippen LogP contribution in [0.25, 0.3) is 10.8 Å². The summed E-state index contributed by atoms with van der Waals surface area (Å²) < 4.78 is 21.6. The molecular weight excluding hydrogens is 567 g/mol. The number of hydrogen-bond donors (Lipinski definition) is 2. The highest BCUT2D eigenvalue weighted by atomic mass is 19.1. The van der Waals surface area contributed by atoms with Gasteiger partial charge in [-0.2, -0.15) is 9.97 Å². The number of halogens is 1. The number of terminal acetylenes is 1. The molecule has 8 nitrogen and oxygen atoms in total. The minimum Gasteiger partial charge on any atom is -0.508 e. The van der Waals surface area contributed by atoms with Gasteiger partial charge in [-0.05, 0) is 81.3 Å². The first-order chi connectivity index (χ1) is 22.0. The standard InChI is InChI=1S/C36H41FN6O2/c1-2-27-29(37)10-7-22-15-26(44)16-32(33(22)27)41-14-11-28-30(20-41)39-35(40-34(28)42-18-24-8-9-25(19-42)38-24)45-21-36-12-4-13-43(36)31-6-3-5-23(31)17-36/h1,7,10,15-16,23-25,31,38,44H,3-6,8-9,11-14,17-21H2/t23-,24?,25?,31-,36-/m0/s1. The molecule has 1 aromatic heterocycles. The van der Waals surface area contributed by atoms with Gasteiger partial charge in [0, 0.05) is 60.5 Å². The van der Waals surface area contributed by atoms with Crippen molar-refractivity contribution in [2.75, 3.05) is 42.6 Å². The van der Waals surface area contributed by atoms with Gasteiger partial charge in [0.2, 0.25) is 0 Å². The highest BCUT2D eigenvalue weighted by Gasteiger charge is 2.55. The molecule has 1 aliphatic carbocycles. The second-order valence-electron chi connectivity index (χ2n) is 14.4. The molecule has 234 valence electrons. The van der Waals surface area contributed by atoms with E-state index in [1.54, 1.807) is 18.2 Å². The maximum Gasteiger partial charge on any atom is 0.318 e. The van der Waals surface area contributed by atoms with Crippen molar-refractivity contribution in [2.45, 2.75) is 88.0 Å². The number of benzene rings is 2. The maximum absolute atomic E-state index is 14.9. The fourth-order valence-corrected chi connectivity index (χ4v) is 9.95. The lowest BCUT2D eigenvalue weighted by molar-refractivity contribution is 0.0829. The van der Waals surface area contributed by atoms with Crippen LogP contribution >= 0.6 is 0 Å². The van der Waals surface area contributed by atoms with Crippen molar-refractivity contribution in [3.63, 3.8) is 0 Å². The van der Waals surface area contributed by atoms with Crippen molar-refractivity contribution in [3.05, 3.63) is 46.9 Å². The molecule has 2 unspecified atom stereocenters. The Kier molecular flexibility index (Phi) is 6.44. The number of rotatable bonds is 5. The molecule has 3 aromatic rings. The fraction of sp³-hybridized carbons (Fsp3) is 0.556. The van der Waals surface area contributed by atoms with Crippen LogP contribution in [-0.4, -0.2) is 76.4 Å². The van der Waals surface area contributed by atoms with Crippen molar-refractivity contribution in [1.82, 2.24) is 20.2 Å². The first-order valence-corrected chi connectivity index (χ1v) is 17.0. The Morgan fingerprint density at radius 3 is 2.78 bits per heavy atom. The first-order valence-electron chi connectivity index (χ1n) is 17.0. The number of nitrogens with one attached hydrogen (secondary N) is 1. The van der Waals surface area contributed by atoms with E-state index in [4.69, 9.17) is 21.1 Å². The Balaban J connectivity index is 1.08. The van der Waals surface area contributed by atoms with Crippen molar-refractivity contribution in [2.24, 2.45) is 5.92 Å². The van der Waals surface area contributed by atoms with Crippen LogP contribution in [0.5, 0.6) is 11.8 Å². The van der Waals surface area contributed by atoms with E-state index < -0.39 is 5.82 Å². The van der Waals surface area contributed by atoms with E-state index in [1.807, 2.05) is 0 Å². The van der Waals surface area contributed by atoms with E-state index in [0.29, 0.717) is 43.2 Å². The number of ether oxygens (including phenoxy) is 1. The van der Waals surface area contributed by atoms with E-state index in [0.717, 1.165) is 54.1 Å². The lowest BCUT2D eigenvalue weighted by atomic mass is 9.90. The number of fused-ring (bicyclic) bond motifs is 7. The molecule has 0 amide bonds. The average Bonchev–Trinajstić information content (AvgIpc) is 3.81. The zero-order valence-electron chi connectivity index (χ0n) is 25.8. The Morgan fingerprint density at radius 2 is 1.93 bits per heavy atom. The molecule has 2 N–H and O–H groups in total. The summed E-state index contributed by atoms with van der Waals surface area (Å²) in [5.74, 6) is 4.07. The van der Waals surface area contributed by atoms with Gasteiger partial charge < -0.3 is 25.0 Å². The van der Waals surface area contributed by atoms with Gasteiger partial charge in [-0.3, -0.25) is 4.90 Å². The molecule has 6 aliphatic rings. The van der Waals surface area contributed by atoms with Crippen LogP contribution < -0.4 is 19.9 Å². The summed E-state index contributed by atoms with van der Waals surface area (Å²) in [6, 6.07) is 8.55. The second kappa shape index (κ2) is 10.5. The summed E-state index contributed by atoms with van der Waals surface area (Å²) in [7, 11) is 0. The number of phenolic OH excluding ortho intramolecular Hbond substituents is 1. The van der Waals surface area contributed by atoms with E-state index >= 15 is 0 Å². The first kappa shape index (κ1) is 27.7. The van der Waals surface area contributed by atoms with Gasteiger partial charge in [-0.15, -0.1) is 6.42 Å². The molecule has 5 fully saturated rings. The molecule has 0 radical (unpaired) electrons. The largest absolute Gasteiger partial charge is 0.508 e. The number of nitrogens with zero attached hydrogens (tertiary/aromatic N) is 5. The predicted molar refractivity (Wildman–Crippen MR) is 172 cm³/mol. The quantitative estimate of drug-likeness (QED) is 0.403. The van der Waals surface area contributed by atoms with Crippen LogP contribution in [0.2, 0.25) is 0 Å². The smallest absolute Gasteiger partial charge is 0.318 e. The van der Waals surface area contributed by atoms with Crippen LogP contribution in [0, 0.1) is 24.1 Å². The molecule has 1 saturated carbocycles. The Bertz CT molecular complexity index is 1710. The van der Waals surface area contributed by atoms with E-state index in [2.05, 4.69) is 25.9 Å². The summed E-state index contributed by atoms with van der Waals surface area (Å²) in [6.07, 6.45) is 16.6. The van der Waals surface area contributed by atoms with E-state index in [9.17, 15) is 9.50 Å². The van der Waals surface area contributed by atoms with Crippen molar-refractivity contribution < 1.29 is 14.2 Å². The SMILES string of the molecule is C#Cc1c(F)ccc2cc(O)cc(N3CCc4c(nc(OC[C@@]56CCCN5[C@H]5CCC[C@H]5C6)nc4N4CC5CCC(C4)N5)C3)c12. The molecule has 5 atom stereocenters. The van der Waals surface area contributed by atoms with Crippen molar-refractivity contribution in [3.8, 4) is 24.1 Å². The Morgan fingerprint density at radius 1 is 1.07 bits per heavy atom. The summed E-state index contributed by atoms with van der Waals surface area (Å²) in [4.78, 5) is 17.7. The summed E-state index contributed by atoms with van der Waals surface area (Å²) in [5.41, 5.74) is 3.16. The summed E-state index contributed by atoms with van der Waals surface area (Å²) in [6.45, 7) is 4.87. The van der Waals surface area contributed by atoms with Crippen molar-refractivity contribution in [1.29, 1.82) is 0 Å². The normalized spacial score (nSPS) is 30.4. The zero-order chi connectivity index (χ0) is 30.3. The average molecular weight is 609 g/mol. The Labute approximate surface area is 264 Å².